The molecule has 5 nitrogen and oxygen atoms in total. The van der Waals surface area contributed by atoms with E-state index < -0.39 is 0 Å². The smallest absolute Gasteiger partial charge is 0.256 e. The summed E-state index contributed by atoms with van der Waals surface area (Å²) in [5.41, 5.74) is 1.09. The van der Waals surface area contributed by atoms with Gasteiger partial charge in [-0.2, -0.15) is 0 Å². The number of hydrogen-bond acceptors (Lipinski definition) is 5. The van der Waals surface area contributed by atoms with Crippen molar-refractivity contribution in [3.8, 4) is 11.6 Å². The fourth-order valence-corrected chi connectivity index (χ4v) is 2.00. The van der Waals surface area contributed by atoms with Crippen LogP contribution in [0.15, 0.2) is 12.3 Å². The first-order valence-electron chi connectivity index (χ1n) is 5.89. The molecule has 1 aromatic rings. The molecule has 0 unspecified atom stereocenters. The Morgan fingerprint density at radius 3 is 2.88 bits per heavy atom. The van der Waals surface area contributed by atoms with E-state index in [2.05, 4.69) is 15.2 Å². The van der Waals surface area contributed by atoms with Crippen molar-refractivity contribution in [1.29, 1.82) is 0 Å². The number of aromatic nitrogens is 1. The first-order valence-corrected chi connectivity index (χ1v) is 5.89. The lowest BCUT2D eigenvalue weighted by Gasteiger charge is -2.22. The minimum absolute atomic E-state index is 0.532. The van der Waals surface area contributed by atoms with Gasteiger partial charge in [0.05, 0.1) is 26.1 Å². The fourth-order valence-electron chi connectivity index (χ4n) is 2.00. The predicted octanol–water partition coefficient (Wildman–Crippen LogP) is 0.898. The van der Waals surface area contributed by atoms with Crippen LogP contribution in [0.2, 0.25) is 0 Å². The van der Waals surface area contributed by atoms with Crippen LogP contribution in [0.1, 0.15) is 6.42 Å². The molecule has 0 bridgehead atoms. The van der Waals surface area contributed by atoms with Gasteiger partial charge in [-0.15, -0.1) is 0 Å². The van der Waals surface area contributed by atoms with Crippen LogP contribution >= 0.6 is 0 Å². The summed E-state index contributed by atoms with van der Waals surface area (Å²) in [6, 6.07) is 1.98. The molecule has 5 heteroatoms. The number of nitrogens with one attached hydrogen (secondary N) is 1. The summed E-state index contributed by atoms with van der Waals surface area (Å²) in [6.45, 7) is 4.13. The third kappa shape index (κ3) is 2.79. The quantitative estimate of drug-likeness (QED) is 0.846. The van der Waals surface area contributed by atoms with Crippen LogP contribution in [-0.4, -0.2) is 45.4 Å². The van der Waals surface area contributed by atoms with Crippen molar-refractivity contribution in [2.24, 2.45) is 0 Å². The lowest BCUT2D eigenvalue weighted by molar-refractivity contribution is 0.343. The lowest BCUT2D eigenvalue weighted by atomic mass is 10.3. The van der Waals surface area contributed by atoms with E-state index in [0.29, 0.717) is 11.6 Å². The summed E-state index contributed by atoms with van der Waals surface area (Å²) in [5.74, 6) is 1.21. The molecule has 2 rings (SSSR count). The van der Waals surface area contributed by atoms with Crippen molar-refractivity contribution in [2.45, 2.75) is 6.42 Å². The van der Waals surface area contributed by atoms with Gasteiger partial charge in [-0.3, -0.25) is 0 Å². The molecule has 0 atom stereocenters. The van der Waals surface area contributed by atoms with Gasteiger partial charge in [0, 0.05) is 25.7 Å². The summed E-state index contributed by atoms with van der Waals surface area (Å²) in [6.07, 6.45) is 2.99. The number of rotatable bonds is 3. The molecular formula is C12H19N3O2. The van der Waals surface area contributed by atoms with Gasteiger partial charge in [0.2, 0.25) is 0 Å². The molecule has 1 aliphatic rings. The van der Waals surface area contributed by atoms with Crippen LogP contribution in [0.4, 0.5) is 5.69 Å². The number of ether oxygens (including phenoxy) is 2. The third-order valence-corrected chi connectivity index (χ3v) is 2.92. The highest BCUT2D eigenvalue weighted by Gasteiger charge is 2.13. The van der Waals surface area contributed by atoms with Gasteiger partial charge in [-0.05, 0) is 13.0 Å². The number of nitrogens with zero attached hydrogens (tertiary/aromatic N) is 2. The highest BCUT2D eigenvalue weighted by atomic mass is 16.5. The van der Waals surface area contributed by atoms with E-state index in [-0.39, 0.29) is 0 Å². The molecule has 1 N–H and O–H groups in total. The highest BCUT2D eigenvalue weighted by Crippen LogP contribution is 2.28. The monoisotopic (exact) mass is 237 g/mol. The van der Waals surface area contributed by atoms with E-state index in [9.17, 15) is 0 Å². The lowest BCUT2D eigenvalue weighted by Crippen LogP contribution is -2.27. The van der Waals surface area contributed by atoms with Crippen LogP contribution in [-0.2, 0) is 0 Å². The third-order valence-electron chi connectivity index (χ3n) is 2.92. The van der Waals surface area contributed by atoms with Crippen molar-refractivity contribution < 1.29 is 9.47 Å². The van der Waals surface area contributed by atoms with Crippen molar-refractivity contribution in [1.82, 2.24) is 10.3 Å². The van der Waals surface area contributed by atoms with Gasteiger partial charge in [0.1, 0.15) is 0 Å². The maximum absolute atomic E-state index is 5.27. The van der Waals surface area contributed by atoms with Gasteiger partial charge in [-0.1, -0.05) is 0 Å². The van der Waals surface area contributed by atoms with Crippen LogP contribution in [0.5, 0.6) is 11.6 Å². The molecule has 17 heavy (non-hydrogen) atoms. The molecular weight excluding hydrogens is 218 g/mol. The molecule has 1 saturated heterocycles. The average molecular weight is 237 g/mol. The normalized spacial score (nSPS) is 16.5. The van der Waals surface area contributed by atoms with Crippen LogP contribution in [0.3, 0.4) is 0 Å². The Morgan fingerprint density at radius 2 is 2.12 bits per heavy atom. The van der Waals surface area contributed by atoms with Gasteiger partial charge in [-0.25, -0.2) is 4.98 Å². The van der Waals surface area contributed by atoms with Crippen molar-refractivity contribution >= 4 is 5.69 Å². The zero-order chi connectivity index (χ0) is 12.1. The average Bonchev–Trinajstić information content (AvgIpc) is 2.66. The van der Waals surface area contributed by atoms with E-state index in [1.54, 1.807) is 14.2 Å². The van der Waals surface area contributed by atoms with Crippen LogP contribution in [0, 0.1) is 0 Å². The zero-order valence-corrected chi connectivity index (χ0v) is 10.4. The van der Waals surface area contributed by atoms with E-state index in [1.807, 2.05) is 12.3 Å². The SMILES string of the molecule is COc1cc(N2CCCNCC2)cnc1OC. The van der Waals surface area contributed by atoms with E-state index >= 15 is 0 Å². The molecule has 0 aromatic carbocycles. The molecule has 94 valence electrons. The van der Waals surface area contributed by atoms with Crippen LogP contribution in [0.25, 0.3) is 0 Å². The fraction of sp³-hybridized carbons (Fsp3) is 0.583. The molecule has 1 aliphatic heterocycles. The largest absolute Gasteiger partial charge is 0.491 e. The van der Waals surface area contributed by atoms with Crippen molar-refractivity contribution in [3.63, 3.8) is 0 Å². The standard InChI is InChI=1S/C12H19N3O2/c1-16-11-8-10(9-14-12(11)17-2)15-6-3-4-13-5-7-15/h8-9,13H,3-7H2,1-2H3. The minimum Gasteiger partial charge on any atom is -0.491 e. The molecule has 0 spiro atoms. The molecule has 1 aromatic heterocycles. The minimum atomic E-state index is 0.532. The Morgan fingerprint density at radius 1 is 1.24 bits per heavy atom. The second-order valence-corrected chi connectivity index (χ2v) is 4.00. The molecule has 2 heterocycles. The summed E-state index contributed by atoms with van der Waals surface area (Å²) >= 11 is 0. The molecule has 0 amide bonds. The Balaban J connectivity index is 2.19. The first-order chi connectivity index (χ1) is 8.35. The second-order valence-electron chi connectivity index (χ2n) is 4.00. The van der Waals surface area contributed by atoms with E-state index in [4.69, 9.17) is 9.47 Å². The molecule has 0 radical (unpaired) electrons. The van der Waals surface area contributed by atoms with Gasteiger partial charge < -0.3 is 19.7 Å². The van der Waals surface area contributed by atoms with E-state index in [0.717, 1.165) is 38.3 Å². The van der Waals surface area contributed by atoms with E-state index in [1.165, 1.54) is 0 Å². The maximum atomic E-state index is 5.27. The van der Waals surface area contributed by atoms with Crippen LogP contribution < -0.4 is 19.7 Å². The number of pyridine rings is 1. The summed E-state index contributed by atoms with van der Waals surface area (Å²) < 4.78 is 10.4. The van der Waals surface area contributed by atoms with Crippen molar-refractivity contribution in [2.75, 3.05) is 45.3 Å². The molecule has 0 saturated carbocycles. The second kappa shape index (κ2) is 5.72. The van der Waals surface area contributed by atoms with Gasteiger partial charge >= 0.3 is 0 Å². The topological polar surface area (TPSA) is 46.6 Å². The maximum Gasteiger partial charge on any atom is 0.256 e. The molecule has 0 aliphatic carbocycles. The predicted molar refractivity (Wildman–Crippen MR) is 67.0 cm³/mol. The Kier molecular flexibility index (Phi) is 4.03. The summed E-state index contributed by atoms with van der Waals surface area (Å²) in [7, 11) is 3.23. The first kappa shape index (κ1) is 12.0. The summed E-state index contributed by atoms with van der Waals surface area (Å²) in [4.78, 5) is 6.58. The Labute approximate surface area is 102 Å². The summed E-state index contributed by atoms with van der Waals surface area (Å²) in [5, 5.41) is 3.38. The zero-order valence-electron chi connectivity index (χ0n) is 10.4. The van der Waals surface area contributed by atoms with Crippen molar-refractivity contribution in [3.05, 3.63) is 12.3 Å². The number of methoxy groups -OCH3 is 2. The number of hydrogen-bond donors (Lipinski definition) is 1. The Hall–Kier alpha value is -1.49. The molecule has 1 fully saturated rings. The number of anilines is 1. The van der Waals surface area contributed by atoms with Gasteiger partial charge in [0.15, 0.2) is 5.75 Å². The van der Waals surface area contributed by atoms with Gasteiger partial charge in [0.25, 0.3) is 5.88 Å². The highest BCUT2D eigenvalue weighted by molar-refractivity contribution is 5.52. The Bertz CT molecular complexity index is 363.